The highest BCUT2D eigenvalue weighted by Gasteiger charge is 2.11. The number of hydrogen-bond acceptors (Lipinski definition) is 3. The fourth-order valence-corrected chi connectivity index (χ4v) is 2.73. The van der Waals surface area contributed by atoms with Crippen LogP contribution in [-0.2, 0) is 11.2 Å². The molecule has 0 saturated heterocycles. The molecule has 1 heterocycles. The number of para-hydroxylation sites is 1. The van der Waals surface area contributed by atoms with E-state index in [4.69, 9.17) is 16.3 Å². The molecule has 7 heteroatoms. The first kappa shape index (κ1) is 18.9. The number of ether oxygens (including phenoxy) is 1. The summed E-state index contributed by atoms with van der Waals surface area (Å²) in [4.78, 5) is 11.9. The Morgan fingerprint density at radius 3 is 2.78 bits per heavy atom. The molecule has 1 amide bonds. The number of halogens is 2. The number of hydrogen-bond donors (Lipinski definition) is 1. The third-order valence-corrected chi connectivity index (χ3v) is 4.11. The Bertz CT molecular complexity index is 899. The molecule has 140 valence electrons. The van der Waals surface area contributed by atoms with Crippen molar-refractivity contribution >= 4 is 17.5 Å². The molecule has 0 aliphatic carbocycles. The molecule has 0 saturated carbocycles. The summed E-state index contributed by atoms with van der Waals surface area (Å²) in [5, 5.41) is 7.33. The molecule has 3 aromatic rings. The van der Waals surface area contributed by atoms with Crippen LogP contribution in [0, 0.1) is 5.82 Å². The molecule has 27 heavy (non-hydrogen) atoms. The Morgan fingerprint density at radius 2 is 2.00 bits per heavy atom. The average molecular weight is 388 g/mol. The minimum absolute atomic E-state index is 0.175. The van der Waals surface area contributed by atoms with Gasteiger partial charge in [-0.05, 0) is 42.7 Å². The molecule has 5 nitrogen and oxygen atoms in total. The van der Waals surface area contributed by atoms with E-state index in [9.17, 15) is 9.18 Å². The molecule has 0 radical (unpaired) electrons. The number of aryl methyl sites for hydroxylation is 1. The standard InChI is InChI=1S/C20H19ClFN3O2/c21-18-13-25(17-9-2-1-3-10-17)24-20(18)27-14-19(26)23-11-5-7-15-6-4-8-16(22)12-15/h1-4,6,8-10,12-13H,5,7,11,14H2,(H,23,26). The predicted octanol–water partition coefficient (Wildman–Crippen LogP) is 3.79. The monoisotopic (exact) mass is 387 g/mol. The Morgan fingerprint density at radius 1 is 1.19 bits per heavy atom. The van der Waals surface area contributed by atoms with E-state index in [1.54, 1.807) is 16.9 Å². The highest BCUT2D eigenvalue weighted by atomic mass is 35.5. The maximum atomic E-state index is 13.1. The first-order valence-corrected chi connectivity index (χ1v) is 8.94. The first-order chi connectivity index (χ1) is 13.1. The Hall–Kier alpha value is -2.86. The minimum atomic E-state index is -0.264. The second-order valence-corrected chi connectivity index (χ2v) is 6.34. The zero-order chi connectivity index (χ0) is 19.1. The van der Waals surface area contributed by atoms with E-state index in [0.717, 1.165) is 11.3 Å². The summed E-state index contributed by atoms with van der Waals surface area (Å²) in [6, 6.07) is 15.9. The number of rotatable bonds is 8. The van der Waals surface area contributed by atoms with E-state index in [1.165, 1.54) is 12.1 Å². The van der Waals surface area contributed by atoms with Crippen LogP contribution in [0.5, 0.6) is 5.88 Å². The van der Waals surface area contributed by atoms with Crippen LogP contribution < -0.4 is 10.1 Å². The van der Waals surface area contributed by atoms with Crippen LogP contribution in [0.1, 0.15) is 12.0 Å². The van der Waals surface area contributed by atoms with Crippen LogP contribution in [0.25, 0.3) is 5.69 Å². The summed E-state index contributed by atoms with van der Waals surface area (Å²) in [6.45, 7) is 0.302. The number of carbonyl (C=O) groups excluding carboxylic acids is 1. The van der Waals surface area contributed by atoms with Gasteiger partial charge < -0.3 is 10.1 Å². The van der Waals surface area contributed by atoms with Crippen LogP contribution in [0.2, 0.25) is 5.02 Å². The maximum Gasteiger partial charge on any atom is 0.258 e. The molecule has 0 atom stereocenters. The normalized spacial score (nSPS) is 10.6. The van der Waals surface area contributed by atoms with E-state index in [2.05, 4.69) is 10.4 Å². The molecule has 0 aliphatic rings. The molecule has 2 aromatic carbocycles. The van der Waals surface area contributed by atoms with Crippen LogP contribution in [0.15, 0.2) is 60.8 Å². The van der Waals surface area contributed by atoms with Gasteiger partial charge in [0.25, 0.3) is 11.8 Å². The topological polar surface area (TPSA) is 56.1 Å². The van der Waals surface area contributed by atoms with Crippen LogP contribution in [0.4, 0.5) is 4.39 Å². The quantitative estimate of drug-likeness (QED) is 0.598. The van der Waals surface area contributed by atoms with Crippen LogP contribution >= 0.6 is 11.6 Å². The van der Waals surface area contributed by atoms with Crippen molar-refractivity contribution in [2.75, 3.05) is 13.2 Å². The number of amides is 1. The van der Waals surface area contributed by atoms with Gasteiger partial charge in [0.15, 0.2) is 6.61 Å². The second-order valence-electron chi connectivity index (χ2n) is 5.93. The predicted molar refractivity (Wildman–Crippen MR) is 102 cm³/mol. The van der Waals surface area contributed by atoms with Crippen molar-refractivity contribution in [3.63, 3.8) is 0 Å². The van der Waals surface area contributed by atoms with Gasteiger partial charge in [-0.1, -0.05) is 41.9 Å². The lowest BCUT2D eigenvalue weighted by Gasteiger charge is -2.06. The number of aromatic nitrogens is 2. The molecule has 1 aromatic heterocycles. The third-order valence-electron chi connectivity index (χ3n) is 3.85. The third kappa shape index (κ3) is 5.56. The fraction of sp³-hybridized carbons (Fsp3) is 0.200. The van der Waals surface area contributed by atoms with E-state index in [0.29, 0.717) is 24.4 Å². The lowest BCUT2D eigenvalue weighted by Crippen LogP contribution is -2.30. The fourth-order valence-electron chi connectivity index (χ4n) is 2.55. The molecule has 0 aliphatic heterocycles. The van der Waals surface area contributed by atoms with Crippen molar-refractivity contribution in [1.29, 1.82) is 0 Å². The van der Waals surface area contributed by atoms with E-state index >= 15 is 0 Å². The van der Waals surface area contributed by atoms with Gasteiger partial charge in [0, 0.05) is 6.54 Å². The molecule has 0 spiro atoms. The van der Waals surface area contributed by atoms with Crippen molar-refractivity contribution in [3.8, 4) is 11.6 Å². The van der Waals surface area contributed by atoms with Crippen molar-refractivity contribution in [3.05, 3.63) is 77.2 Å². The average Bonchev–Trinajstić information content (AvgIpc) is 3.05. The van der Waals surface area contributed by atoms with Gasteiger partial charge in [0.1, 0.15) is 10.8 Å². The number of benzene rings is 2. The zero-order valence-corrected chi connectivity index (χ0v) is 15.3. The molecular weight excluding hydrogens is 369 g/mol. The Balaban J connectivity index is 1.42. The van der Waals surface area contributed by atoms with Crippen molar-refractivity contribution in [2.45, 2.75) is 12.8 Å². The van der Waals surface area contributed by atoms with E-state index in [1.807, 2.05) is 36.4 Å². The van der Waals surface area contributed by atoms with Gasteiger partial charge in [-0.15, -0.1) is 5.10 Å². The zero-order valence-electron chi connectivity index (χ0n) is 14.6. The van der Waals surface area contributed by atoms with E-state index < -0.39 is 0 Å². The van der Waals surface area contributed by atoms with Gasteiger partial charge in [0.05, 0.1) is 11.9 Å². The SMILES string of the molecule is O=C(COc1nn(-c2ccccc2)cc1Cl)NCCCc1cccc(F)c1. The van der Waals surface area contributed by atoms with Gasteiger partial charge in [-0.3, -0.25) is 4.79 Å². The number of nitrogens with one attached hydrogen (secondary N) is 1. The summed E-state index contributed by atoms with van der Waals surface area (Å²) in [5.74, 6) is -0.313. The highest BCUT2D eigenvalue weighted by Crippen LogP contribution is 2.23. The van der Waals surface area contributed by atoms with Crippen LogP contribution in [0.3, 0.4) is 0 Å². The lowest BCUT2D eigenvalue weighted by molar-refractivity contribution is -0.123. The second kappa shape index (κ2) is 9.19. The van der Waals surface area contributed by atoms with Gasteiger partial charge >= 0.3 is 0 Å². The Labute approximate surface area is 161 Å². The summed E-state index contributed by atoms with van der Waals surface area (Å²) in [7, 11) is 0. The molecule has 0 fully saturated rings. The maximum absolute atomic E-state index is 13.1. The minimum Gasteiger partial charge on any atom is -0.465 e. The summed E-state index contributed by atoms with van der Waals surface area (Å²) in [5.41, 5.74) is 1.75. The summed E-state index contributed by atoms with van der Waals surface area (Å²) < 4.78 is 20.1. The Kier molecular flexibility index (Phi) is 6.44. The van der Waals surface area contributed by atoms with Gasteiger partial charge in [0.2, 0.25) is 0 Å². The highest BCUT2D eigenvalue weighted by molar-refractivity contribution is 6.31. The molecule has 0 bridgehead atoms. The number of carbonyl (C=O) groups is 1. The summed E-state index contributed by atoms with van der Waals surface area (Å²) in [6.07, 6.45) is 3.02. The smallest absolute Gasteiger partial charge is 0.258 e. The lowest BCUT2D eigenvalue weighted by atomic mass is 10.1. The first-order valence-electron chi connectivity index (χ1n) is 8.56. The molecule has 3 rings (SSSR count). The number of nitrogens with zero attached hydrogens (tertiary/aromatic N) is 2. The molecule has 1 N–H and O–H groups in total. The van der Waals surface area contributed by atoms with Crippen molar-refractivity contribution < 1.29 is 13.9 Å². The summed E-state index contributed by atoms with van der Waals surface area (Å²) >= 11 is 6.12. The largest absolute Gasteiger partial charge is 0.465 e. The van der Waals surface area contributed by atoms with Crippen LogP contribution in [-0.4, -0.2) is 28.8 Å². The van der Waals surface area contributed by atoms with Crippen molar-refractivity contribution in [1.82, 2.24) is 15.1 Å². The van der Waals surface area contributed by atoms with Gasteiger partial charge in [-0.2, -0.15) is 0 Å². The van der Waals surface area contributed by atoms with E-state index in [-0.39, 0.29) is 24.2 Å². The molecular formula is C20H19ClFN3O2. The van der Waals surface area contributed by atoms with Crippen molar-refractivity contribution in [2.24, 2.45) is 0 Å². The van der Waals surface area contributed by atoms with Gasteiger partial charge in [-0.25, -0.2) is 9.07 Å². The molecule has 0 unspecified atom stereocenters.